The van der Waals surface area contributed by atoms with Gasteiger partial charge in [0.1, 0.15) is 5.75 Å². The summed E-state index contributed by atoms with van der Waals surface area (Å²) in [5.41, 5.74) is 1.10. The zero-order valence-electron chi connectivity index (χ0n) is 10.9. The third-order valence-electron chi connectivity index (χ3n) is 2.44. The molecule has 1 atom stereocenters. The molecule has 0 aliphatic heterocycles. The number of carboxylic acids is 1. The summed E-state index contributed by atoms with van der Waals surface area (Å²) in [5.74, 6) is -0.937. The van der Waals surface area contributed by atoms with Crippen LogP contribution in [0.2, 0.25) is 0 Å². The van der Waals surface area contributed by atoms with Crippen LogP contribution in [0.15, 0.2) is 24.3 Å². The van der Waals surface area contributed by atoms with Gasteiger partial charge in [0.15, 0.2) is 12.7 Å². The molecule has 0 spiro atoms. The van der Waals surface area contributed by atoms with Gasteiger partial charge in [-0.3, -0.25) is 4.79 Å². The summed E-state index contributed by atoms with van der Waals surface area (Å²) in [6.07, 6.45) is -1.05. The van der Waals surface area contributed by atoms with Gasteiger partial charge in [-0.25, -0.2) is 4.79 Å². The van der Waals surface area contributed by atoms with Gasteiger partial charge in [-0.1, -0.05) is 17.7 Å². The zero-order valence-corrected chi connectivity index (χ0v) is 10.9. The van der Waals surface area contributed by atoms with E-state index >= 15 is 0 Å². The van der Waals surface area contributed by atoms with E-state index in [1.165, 1.54) is 7.11 Å². The van der Waals surface area contributed by atoms with E-state index in [0.717, 1.165) is 5.56 Å². The molecule has 1 aromatic carbocycles. The Morgan fingerprint density at radius 1 is 1.32 bits per heavy atom. The van der Waals surface area contributed by atoms with Crippen molar-refractivity contribution in [3.05, 3.63) is 29.8 Å². The van der Waals surface area contributed by atoms with Gasteiger partial charge in [0, 0.05) is 7.11 Å². The second-order valence-electron chi connectivity index (χ2n) is 3.97. The second-order valence-corrected chi connectivity index (χ2v) is 3.97. The van der Waals surface area contributed by atoms with Gasteiger partial charge < -0.3 is 19.9 Å². The average molecular weight is 267 g/mol. The Bertz CT molecular complexity index is 429. The van der Waals surface area contributed by atoms with Crippen molar-refractivity contribution in [2.24, 2.45) is 0 Å². The monoisotopic (exact) mass is 267 g/mol. The topological polar surface area (TPSA) is 84.9 Å². The number of hydrogen-bond acceptors (Lipinski definition) is 4. The first-order valence-corrected chi connectivity index (χ1v) is 5.74. The van der Waals surface area contributed by atoms with Crippen molar-refractivity contribution in [1.82, 2.24) is 5.32 Å². The summed E-state index contributed by atoms with van der Waals surface area (Å²) in [5, 5.41) is 11.1. The fourth-order valence-electron chi connectivity index (χ4n) is 1.31. The standard InChI is InChI=1S/C13H17NO5/c1-9-3-5-10(6-4-9)19-8-12(15)14-7-11(18-2)13(16)17/h3-6,11H,7-8H2,1-2H3,(H,14,15)(H,16,17). The summed E-state index contributed by atoms with van der Waals surface area (Å²) >= 11 is 0. The van der Waals surface area contributed by atoms with E-state index in [-0.39, 0.29) is 13.2 Å². The normalized spacial score (nSPS) is 11.7. The SMILES string of the molecule is COC(CNC(=O)COc1ccc(C)cc1)C(=O)O. The molecule has 104 valence electrons. The molecular weight excluding hydrogens is 250 g/mol. The smallest absolute Gasteiger partial charge is 0.334 e. The van der Waals surface area contributed by atoms with Crippen LogP contribution in [-0.2, 0) is 14.3 Å². The van der Waals surface area contributed by atoms with Gasteiger partial charge >= 0.3 is 5.97 Å². The van der Waals surface area contributed by atoms with E-state index in [0.29, 0.717) is 5.75 Å². The quantitative estimate of drug-likeness (QED) is 0.755. The van der Waals surface area contributed by atoms with E-state index in [2.05, 4.69) is 10.1 Å². The second kappa shape index (κ2) is 7.38. The lowest BCUT2D eigenvalue weighted by atomic mass is 10.2. The molecule has 1 rings (SSSR count). The van der Waals surface area contributed by atoms with Crippen LogP contribution < -0.4 is 10.1 Å². The number of aliphatic carboxylic acids is 1. The lowest BCUT2D eigenvalue weighted by Crippen LogP contribution is -2.39. The predicted octanol–water partition coefficient (Wildman–Crippen LogP) is 0.590. The van der Waals surface area contributed by atoms with Crippen molar-refractivity contribution in [3.63, 3.8) is 0 Å². The minimum atomic E-state index is -1.12. The van der Waals surface area contributed by atoms with Crippen molar-refractivity contribution in [3.8, 4) is 5.75 Å². The van der Waals surface area contributed by atoms with Crippen molar-refractivity contribution >= 4 is 11.9 Å². The van der Waals surface area contributed by atoms with E-state index in [4.69, 9.17) is 9.84 Å². The number of carbonyl (C=O) groups is 2. The first-order chi connectivity index (χ1) is 9.02. The average Bonchev–Trinajstić information content (AvgIpc) is 2.38. The van der Waals surface area contributed by atoms with E-state index in [1.54, 1.807) is 12.1 Å². The van der Waals surface area contributed by atoms with Crippen LogP contribution in [0, 0.1) is 6.92 Å². The number of ether oxygens (including phenoxy) is 2. The third kappa shape index (κ3) is 5.39. The molecule has 0 fully saturated rings. The maximum absolute atomic E-state index is 11.4. The van der Waals surface area contributed by atoms with Crippen LogP contribution in [-0.4, -0.2) is 43.3 Å². The predicted molar refractivity (Wildman–Crippen MR) is 68.1 cm³/mol. The van der Waals surface area contributed by atoms with Crippen LogP contribution in [0.4, 0.5) is 0 Å². The lowest BCUT2D eigenvalue weighted by molar-refractivity contribution is -0.148. The summed E-state index contributed by atoms with van der Waals surface area (Å²) in [7, 11) is 1.27. The number of methoxy groups -OCH3 is 1. The van der Waals surface area contributed by atoms with Crippen LogP contribution >= 0.6 is 0 Å². The van der Waals surface area contributed by atoms with Gasteiger partial charge in [-0.2, -0.15) is 0 Å². The van der Waals surface area contributed by atoms with Crippen LogP contribution in [0.1, 0.15) is 5.56 Å². The molecule has 2 N–H and O–H groups in total. The zero-order chi connectivity index (χ0) is 14.3. The molecule has 0 saturated carbocycles. The van der Waals surface area contributed by atoms with Gasteiger partial charge in [-0.05, 0) is 19.1 Å². The number of aryl methyl sites for hydroxylation is 1. The Morgan fingerprint density at radius 2 is 1.95 bits per heavy atom. The summed E-state index contributed by atoms with van der Waals surface area (Å²) in [6, 6.07) is 7.27. The molecule has 0 radical (unpaired) electrons. The summed E-state index contributed by atoms with van der Waals surface area (Å²) in [6.45, 7) is 1.69. The molecule has 0 aliphatic rings. The molecule has 19 heavy (non-hydrogen) atoms. The molecule has 0 aromatic heterocycles. The van der Waals surface area contributed by atoms with Gasteiger partial charge in [-0.15, -0.1) is 0 Å². The number of carboxylic acid groups (broad SMARTS) is 1. The van der Waals surface area contributed by atoms with Crippen molar-refractivity contribution in [2.45, 2.75) is 13.0 Å². The molecule has 1 aromatic rings. The van der Waals surface area contributed by atoms with E-state index in [9.17, 15) is 9.59 Å². The number of nitrogens with one attached hydrogen (secondary N) is 1. The van der Waals surface area contributed by atoms with Gasteiger partial charge in [0.05, 0.1) is 6.54 Å². The van der Waals surface area contributed by atoms with Crippen LogP contribution in [0.5, 0.6) is 5.75 Å². The molecule has 0 saturated heterocycles. The van der Waals surface area contributed by atoms with Crippen LogP contribution in [0.25, 0.3) is 0 Å². The number of benzene rings is 1. The maximum atomic E-state index is 11.4. The third-order valence-corrected chi connectivity index (χ3v) is 2.44. The maximum Gasteiger partial charge on any atom is 0.334 e. The summed E-state index contributed by atoms with van der Waals surface area (Å²) in [4.78, 5) is 22.1. The highest BCUT2D eigenvalue weighted by molar-refractivity contribution is 5.79. The first-order valence-electron chi connectivity index (χ1n) is 5.74. The fourth-order valence-corrected chi connectivity index (χ4v) is 1.31. The molecule has 0 bridgehead atoms. The Hall–Kier alpha value is -2.08. The van der Waals surface area contributed by atoms with E-state index in [1.807, 2.05) is 19.1 Å². The number of hydrogen-bond donors (Lipinski definition) is 2. The molecule has 0 aliphatic carbocycles. The Labute approximate surface area is 111 Å². The molecule has 6 heteroatoms. The largest absolute Gasteiger partial charge is 0.484 e. The molecular formula is C13H17NO5. The van der Waals surface area contributed by atoms with Crippen molar-refractivity contribution in [2.75, 3.05) is 20.3 Å². The lowest BCUT2D eigenvalue weighted by Gasteiger charge is -2.12. The number of carbonyl (C=O) groups excluding carboxylic acids is 1. The fraction of sp³-hybridized carbons (Fsp3) is 0.385. The van der Waals surface area contributed by atoms with E-state index < -0.39 is 18.0 Å². The Morgan fingerprint density at radius 3 is 2.47 bits per heavy atom. The minimum Gasteiger partial charge on any atom is -0.484 e. The highest BCUT2D eigenvalue weighted by Crippen LogP contribution is 2.10. The molecule has 1 amide bonds. The molecule has 1 unspecified atom stereocenters. The Kier molecular flexibility index (Phi) is 5.81. The number of rotatable bonds is 7. The van der Waals surface area contributed by atoms with Gasteiger partial charge in [0.2, 0.25) is 0 Å². The number of amides is 1. The highest BCUT2D eigenvalue weighted by atomic mass is 16.5. The Balaban J connectivity index is 2.31. The molecule has 6 nitrogen and oxygen atoms in total. The van der Waals surface area contributed by atoms with Crippen molar-refractivity contribution in [1.29, 1.82) is 0 Å². The molecule has 0 heterocycles. The highest BCUT2D eigenvalue weighted by Gasteiger charge is 2.17. The first kappa shape index (κ1) is 15.0. The van der Waals surface area contributed by atoms with Crippen LogP contribution in [0.3, 0.4) is 0 Å². The summed E-state index contributed by atoms with van der Waals surface area (Å²) < 4.78 is 9.93. The minimum absolute atomic E-state index is 0.0953. The van der Waals surface area contributed by atoms with Gasteiger partial charge in [0.25, 0.3) is 5.91 Å². The van der Waals surface area contributed by atoms with Crippen molar-refractivity contribution < 1.29 is 24.2 Å².